The molecule has 0 aromatic heterocycles. The predicted octanol–water partition coefficient (Wildman–Crippen LogP) is 4.60. The quantitative estimate of drug-likeness (QED) is 0.248. The smallest absolute Gasteiger partial charge is 0.254 e. The number of rotatable bonds is 15. The standard InChI is InChI=1S/C35H46N4O3/c1-3-19-39(20-4-2)35(42)30-17-11-16-29(34(36)41)33(30)31(22-26-12-7-5-8-13-26)32(40)23-37-28-18-21-38(25-28)24-27-14-9-6-10-15-27/h5-17,28,31-32,37,40H,3-4,18-25H2,1-2H3,(H2,36,41)/t28-,31-,32+/m1/s1. The fourth-order valence-corrected chi connectivity index (χ4v) is 6.10. The van der Waals surface area contributed by atoms with Crippen LogP contribution in [0.2, 0.25) is 0 Å². The molecule has 4 N–H and O–H groups in total. The van der Waals surface area contributed by atoms with Gasteiger partial charge in [-0.15, -0.1) is 0 Å². The van der Waals surface area contributed by atoms with Gasteiger partial charge < -0.3 is 21.1 Å². The molecule has 3 aromatic rings. The van der Waals surface area contributed by atoms with Crippen LogP contribution in [0.25, 0.3) is 0 Å². The predicted molar refractivity (Wildman–Crippen MR) is 168 cm³/mol. The molecule has 1 saturated heterocycles. The molecule has 2 amide bonds. The van der Waals surface area contributed by atoms with Crippen LogP contribution in [0.4, 0.5) is 0 Å². The van der Waals surface area contributed by atoms with E-state index in [1.54, 1.807) is 18.2 Å². The molecule has 0 unspecified atom stereocenters. The van der Waals surface area contributed by atoms with E-state index in [4.69, 9.17) is 5.73 Å². The summed E-state index contributed by atoms with van der Waals surface area (Å²) in [5.74, 6) is -1.22. The highest BCUT2D eigenvalue weighted by Gasteiger charge is 2.32. The molecule has 1 heterocycles. The second-order valence-corrected chi connectivity index (χ2v) is 11.4. The minimum atomic E-state index is -0.841. The van der Waals surface area contributed by atoms with Crippen LogP contribution in [0, 0.1) is 0 Å². The maximum atomic E-state index is 13.9. The Hall–Kier alpha value is -3.52. The molecule has 0 bridgehead atoms. The first kappa shape index (κ1) is 31.4. The van der Waals surface area contributed by atoms with Gasteiger partial charge in [0.05, 0.1) is 6.10 Å². The molecular weight excluding hydrogens is 524 g/mol. The molecule has 0 radical (unpaired) electrons. The van der Waals surface area contributed by atoms with Gasteiger partial charge in [-0.25, -0.2) is 0 Å². The van der Waals surface area contributed by atoms with E-state index in [1.807, 2.05) is 55.1 Å². The molecule has 4 rings (SSSR count). The van der Waals surface area contributed by atoms with Crippen LogP contribution < -0.4 is 11.1 Å². The lowest BCUT2D eigenvalue weighted by Gasteiger charge is -2.30. The van der Waals surface area contributed by atoms with Crippen LogP contribution in [0.5, 0.6) is 0 Å². The summed E-state index contributed by atoms with van der Waals surface area (Å²) in [5.41, 5.74) is 9.49. The van der Waals surface area contributed by atoms with Gasteiger partial charge in [0.15, 0.2) is 0 Å². The number of aliphatic hydroxyl groups excluding tert-OH is 1. The molecule has 224 valence electrons. The van der Waals surface area contributed by atoms with E-state index in [0.717, 1.165) is 44.5 Å². The number of nitrogens with zero attached hydrogens (tertiary/aromatic N) is 2. The van der Waals surface area contributed by atoms with Gasteiger partial charge in [-0.3, -0.25) is 14.5 Å². The van der Waals surface area contributed by atoms with Crippen molar-refractivity contribution in [3.05, 3.63) is 107 Å². The normalized spacial score (nSPS) is 16.7. The maximum Gasteiger partial charge on any atom is 0.254 e. The van der Waals surface area contributed by atoms with E-state index in [2.05, 4.69) is 34.5 Å². The van der Waals surface area contributed by atoms with E-state index in [0.29, 0.717) is 42.7 Å². The van der Waals surface area contributed by atoms with Crippen LogP contribution in [0.1, 0.15) is 76.4 Å². The Morgan fingerprint density at radius 3 is 2.17 bits per heavy atom. The van der Waals surface area contributed by atoms with Gasteiger partial charge in [-0.05, 0) is 54.5 Å². The lowest BCUT2D eigenvalue weighted by atomic mass is 9.81. The van der Waals surface area contributed by atoms with Crippen molar-refractivity contribution in [3.63, 3.8) is 0 Å². The monoisotopic (exact) mass is 570 g/mol. The molecule has 7 heteroatoms. The zero-order valence-corrected chi connectivity index (χ0v) is 25.0. The van der Waals surface area contributed by atoms with E-state index in [9.17, 15) is 14.7 Å². The van der Waals surface area contributed by atoms with Crippen molar-refractivity contribution in [3.8, 4) is 0 Å². The van der Waals surface area contributed by atoms with Crippen LogP contribution in [0.3, 0.4) is 0 Å². The second-order valence-electron chi connectivity index (χ2n) is 11.4. The fraction of sp³-hybridized carbons (Fsp3) is 0.429. The Bertz CT molecular complexity index is 1280. The van der Waals surface area contributed by atoms with Crippen molar-refractivity contribution in [1.82, 2.24) is 15.1 Å². The van der Waals surface area contributed by atoms with Crippen molar-refractivity contribution in [1.29, 1.82) is 0 Å². The topological polar surface area (TPSA) is 98.9 Å². The molecule has 3 atom stereocenters. The van der Waals surface area contributed by atoms with Crippen molar-refractivity contribution in [2.75, 3.05) is 32.7 Å². The van der Waals surface area contributed by atoms with Crippen LogP contribution in [-0.2, 0) is 13.0 Å². The third-order valence-electron chi connectivity index (χ3n) is 8.15. The molecule has 42 heavy (non-hydrogen) atoms. The summed E-state index contributed by atoms with van der Waals surface area (Å²) in [4.78, 5) is 30.9. The van der Waals surface area contributed by atoms with Crippen molar-refractivity contribution in [2.24, 2.45) is 5.73 Å². The maximum absolute atomic E-state index is 13.9. The third-order valence-corrected chi connectivity index (χ3v) is 8.15. The highest BCUT2D eigenvalue weighted by atomic mass is 16.3. The van der Waals surface area contributed by atoms with Crippen molar-refractivity contribution < 1.29 is 14.7 Å². The van der Waals surface area contributed by atoms with Crippen molar-refractivity contribution in [2.45, 2.75) is 64.1 Å². The van der Waals surface area contributed by atoms with E-state index >= 15 is 0 Å². The van der Waals surface area contributed by atoms with Gasteiger partial charge in [-0.2, -0.15) is 0 Å². The zero-order valence-electron chi connectivity index (χ0n) is 25.0. The summed E-state index contributed by atoms with van der Waals surface area (Å²) in [7, 11) is 0. The highest BCUT2D eigenvalue weighted by Crippen LogP contribution is 2.32. The first-order chi connectivity index (χ1) is 20.4. The summed E-state index contributed by atoms with van der Waals surface area (Å²) >= 11 is 0. The molecule has 3 aromatic carbocycles. The molecule has 0 saturated carbocycles. The number of carbonyl (C=O) groups is 2. The number of hydrogen-bond donors (Lipinski definition) is 3. The largest absolute Gasteiger partial charge is 0.391 e. The molecule has 0 aliphatic carbocycles. The van der Waals surface area contributed by atoms with Gasteiger partial charge in [0.25, 0.3) is 5.91 Å². The number of carbonyl (C=O) groups excluding carboxylic acids is 2. The SMILES string of the molecule is CCCN(CCC)C(=O)c1cccc(C(N)=O)c1[C@H](Cc1ccccc1)[C@@H](O)CN[C@@H]1CCN(Cc2ccccc2)C1. The van der Waals surface area contributed by atoms with Crippen LogP contribution >= 0.6 is 0 Å². The molecule has 1 fully saturated rings. The Morgan fingerprint density at radius 1 is 0.929 bits per heavy atom. The Balaban J connectivity index is 1.59. The summed E-state index contributed by atoms with van der Waals surface area (Å²) < 4.78 is 0. The van der Waals surface area contributed by atoms with Gasteiger partial charge in [0.2, 0.25) is 5.91 Å². The first-order valence-corrected chi connectivity index (χ1v) is 15.3. The first-order valence-electron chi connectivity index (χ1n) is 15.3. The second kappa shape index (κ2) is 15.6. The minimum Gasteiger partial charge on any atom is -0.391 e. The number of nitrogens with one attached hydrogen (secondary N) is 1. The molecule has 7 nitrogen and oxygen atoms in total. The van der Waals surface area contributed by atoms with E-state index in [1.165, 1.54) is 5.56 Å². The summed E-state index contributed by atoms with van der Waals surface area (Å²) in [5, 5.41) is 15.4. The molecule has 1 aliphatic rings. The lowest BCUT2D eigenvalue weighted by molar-refractivity contribution is 0.0751. The van der Waals surface area contributed by atoms with Crippen LogP contribution in [0.15, 0.2) is 78.9 Å². The number of amides is 2. The Kier molecular flexibility index (Phi) is 11.7. The summed E-state index contributed by atoms with van der Waals surface area (Å²) in [6, 6.07) is 25.8. The number of nitrogens with two attached hydrogens (primary N) is 1. The highest BCUT2D eigenvalue weighted by molar-refractivity contribution is 6.02. The van der Waals surface area contributed by atoms with E-state index < -0.39 is 17.9 Å². The van der Waals surface area contributed by atoms with Gasteiger partial charge in [0, 0.05) is 62.4 Å². The number of primary amides is 1. The molecule has 0 spiro atoms. The van der Waals surface area contributed by atoms with E-state index in [-0.39, 0.29) is 11.9 Å². The average Bonchev–Trinajstić information content (AvgIpc) is 3.46. The number of likely N-dealkylation sites (tertiary alicyclic amines) is 1. The summed E-state index contributed by atoms with van der Waals surface area (Å²) in [6.07, 6.45) is 2.29. The molecule has 1 aliphatic heterocycles. The van der Waals surface area contributed by atoms with Gasteiger partial charge >= 0.3 is 0 Å². The van der Waals surface area contributed by atoms with Gasteiger partial charge in [-0.1, -0.05) is 80.6 Å². The van der Waals surface area contributed by atoms with Gasteiger partial charge in [0.1, 0.15) is 0 Å². The van der Waals surface area contributed by atoms with Crippen molar-refractivity contribution >= 4 is 11.8 Å². The Morgan fingerprint density at radius 2 is 1.55 bits per heavy atom. The van der Waals surface area contributed by atoms with Crippen LogP contribution in [-0.4, -0.2) is 71.6 Å². The Labute approximate surface area is 250 Å². The lowest BCUT2D eigenvalue weighted by Crippen LogP contribution is -2.41. The average molecular weight is 571 g/mol. The number of hydrogen-bond acceptors (Lipinski definition) is 5. The number of benzene rings is 3. The minimum absolute atomic E-state index is 0.123. The molecular formula is C35H46N4O3. The fourth-order valence-electron chi connectivity index (χ4n) is 6.10. The zero-order chi connectivity index (χ0) is 29.9. The summed E-state index contributed by atoms with van der Waals surface area (Å²) in [6.45, 7) is 8.49. The number of aliphatic hydroxyl groups is 1. The third kappa shape index (κ3) is 8.28.